The number of carbonyl (C=O) groups is 2. The predicted molar refractivity (Wildman–Crippen MR) is 119 cm³/mol. The normalized spacial score (nSPS) is 12.2. The van der Waals surface area contributed by atoms with Crippen LogP contribution in [0.1, 0.15) is 37.7 Å². The first-order chi connectivity index (χ1) is 15.2. The molecule has 10 heteroatoms. The molecular weight excluding hydrogens is 432 g/mol. The van der Waals surface area contributed by atoms with Crippen LogP contribution >= 0.6 is 0 Å². The molecule has 0 aliphatic heterocycles. The Bertz CT molecular complexity index is 1090. The van der Waals surface area contributed by atoms with Gasteiger partial charge >= 0.3 is 5.97 Å². The summed E-state index contributed by atoms with van der Waals surface area (Å²) in [5.41, 5.74) is 0.598. The van der Waals surface area contributed by atoms with Gasteiger partial charge in [0, 0.05) is 38.6 Å². The average Bonchev–Trinajstić information content (AvgIpc) is 3.18. The smallest absolute Gasteiger partial charge is 0.355 e. The van der Waals surface area contributed by atoms with E-state index in [-0.39, 0.29) is 23.6 Å². The van der Waals surface area contributed by atoms with Gasteiger partial charge in [0.15, 0.2) is 6.10 Å². The van der Waals surface area contributed by atoms with Gasteiger partial charge in [-0.05, 0) is 25.1 Å². The largest absolute Gasteiger partial charge is 0.448 e. The number of benzene rings is 1. The summed E-state index contributed by atoms with van der Waals surface area (Å²) in [6.45, 7) is 5.67. The lowest BCUT2D eigenvalue weighted by Crippen LogP contribution is -2.40. The van der Waals surface area contributed by atoms with E-state index in [1.54, 1.807) is 44.2 Å². The second kappa shape index (κ2) is 10.9. The van der Waals surface area contributed by atoms with Crippen molar-refractivity contribution in [3.05, 3.63) is 48.3 Å². The molecule has 0 bridgehead atoms. The van der Waals surface area contributed by atoms with Crippen molar-refractivity contribution in [1.82, 2.24) is 8.87 Å². The van der Waals surface area contributed by atoms with Gasteiger partial charge in [-0.1, -0.05) is 32.0 Å². The zero-order valence-electron chi connectivity index (χ0n) is 18.7. The number of para-hydroxylation sites is 1. The Morgan fingerprint density at radius 1 is 1.19 bits per heavy atom. The highest BCUT2D eigenvalue weighted by atomic mass is 32.2. The molecule has 0 unspecified atom stereocenters. The SMILES string of the molecule is CCN(CC)S(=O)(=O)c1cc(C(=O)O[C@@H](C)C(=O)N(CCC#N)c2ccccc2)n(C)c1. The van der Waals surface area contributed by atoms with Gasteiger partial charge in [-0.3, -0.25) is 4.79 Å². The number of esters is 1. The zero-order valence-corrected chi connectivity index (χ0v) is 19.5. The third-order valence-corrected chi connectivity index (χ3v) is 6.96. The number of aryl methyl sites for hydroxylation is 1. The number of rotatable bonds is 10. The summed E-state index contributed by atoms with van der Waals surface area (Å²) in [5.74, 6) is -1.30. The Morgan fingerprint density at radius 3 is 2.38 bits per heavy atom. The van der Waals surface area contributed by atoms with Gasteiger partial charge in [0.25, 0.3) is 5.91 Å². The van der Waals surface area contributed by atoms with Crippen LogP contribution in [0.5, 0.6) is 0 Å². The van der Waals surface area contributed by atoms with Crippen LogP contribution in [0.25, 0.3) is 0 Å². The molecule has 0 saturated heterocycles. The molecule has 0 N–H and O–H groups in total. The topological polar surface area (TPSA) is 113 Å². The van der Waals surface area contributed by atoms with Gasteiger partial charge in [0.2, 0.25) is 10.0 Å². The molecule has 9 nitrogen and oxygen atoms in total. The summed E-state index contributed by atoms with van der Waals surface area (Å²) in [4.78, 5) is 27.1. The fraction of sp³-hybridized carbons (Fsp3) is 0.409. The maximum Gasteiger partial charge on any atom is 0.355 e. The molecule has 32 heavy (non-hydrogen) atoms. The van der Waals surface area contributed by atoms with Crippen molar-refractivity contribution in [3.8, 4) is 6.07 Å². The van der Waals surface area contributed by atoms with Crippen molar-refractivity contribution in [2.75, 3.05) is 24.5 Å². The van der Waals surface area contributed by atoms with Gasteiger partial charge in [0.1, 0.15) is 10.6 Å². The zero-order chi connectivity index (χ0) is 23.9. The minimum Gasteiger partial charge on any atom is -0.448 e. The van der Waals surface area contributed by atoms with E-state index in [0.29, 0.717) is 18.8 Å². The lowest BCUT2D eigenvalue weighted by Gasteiger charge is -2.25. The molecule has 172 valence electrons. The van der Waals surface area contributed by atoms with Crippen LogP contribution in [-0.4, -0.2) is 54.9 Å². The van der Waals surface area contributed by atoms with Crippen molar-refractivity contribution < 1.29 is 22.7 Å². The van der Waals surface area contributed by atoms with Crippen LogP contribution in [-0.2, 0) is 26.6 Å². The number of amides is 1. The van der Waals surface area contributed by atoms with Gasteiger partial charge in [-0.2, -0.15) is 9.57 Å². The maximum absolute atomic E-state index is 13.0. The molecule has 0 spiro atoms. The summed E-state index contributed by atoms with van der Waals surface area (Å²) < 4.78 is 33.5. The number of nitriles is 1. The first kappa shape index (κ1) is 25.1. The third-order valence-electron chi connectivity index (χ3n) is 4.94. The second-order valence-electron chi connectivity index (χ2n) is 7.04. The standard InChI is InChI=1S/C22H28N4O5S/c1-5-25(6-2)32(29,30)19-15-20(24(4)16-19)22(28)31-17(3)21(27)26(14-10-13-23)18-11-8-7-9-12-18/h7-9,11-12,15-17H,5-6,10,14H2,1-4H3/t17-/m0/s1. The minimum atomic E-state index is -3.74. The van der Waals surface area contributed by atoms with E-state index in [1.165, 1.54) is 40.0 Å². The Hall–Kier alpha value is -3.16. The fourth-order valence-corrected chi connectivity index (χ4v) is 4.75. The molecular formula is C22H28N4O5S. The molecule has 1 atom stereocenters. The number of anilines is 1. The molecule has 0 aliphatic carbocycles. The quantitative estimate of drug-likeness (QED) is 0.504. The Labute approximate surface area is 188 Å². The fourth-order valence-electron chi connectivity index (χ4n) is 3.22. The van der Waals surface area contributed by atoms with Crippen LogP contribution in [0, 0.1) is 11.3 Å². The lowest BCUT2D eigenvalue weighted by atomic mass is 10.2. The van der Waals surface area contributed by atoms with Crippen molar-refractivity contribution >= 4 is 27.6 Å². The highest BCUT2D eigenvalue weighted by molar-refractivity contribution is 7.89. The summed E-state index contributed by atoms with van der Waals surface area (Å²) in [6, 6.07) is 12.0. The van der Waals surface area contributed by atoms with Gasteiger partial charge in [-0.25, -0.2) is 13.2 Å². The molecule has 0 radical (unpaired) electrons. The van der Waals surface area contributed by atoms with Crippen LogP contribution in [0.3, 0.4) is 0 Å². The Kier molecular flexibility index (Phi) is 8.57. The molecule has 1 amide bonds. The lowest BCUT2D eigenvalue weighted by molar-refractivity contribution is -0.126. The van der Waals surface area contributed by atoms with Crippen LogP contribution in [0.4, 0.5) is 5.69 Å². The van der Waals surface area contributed by atoms with Gasteiger partial charge in [0.05, 0.1) is 12.5 Å². The van der Waals surface area contributed by atoms with Gasteiger partial charge < -0.3 is 14.2 Å². The summed E-state index contributed by atoms with van der Waals surface area (Å²) in [5, 5.41) is 8.92. The van der Waals surface area contributed by atoms with Crippen molar-refractivity contribution in [2.45, 2.75) is 38.2 Å². The molecule has 0 saturated carbocycles. The Morgan fingerprint density at radius 2 is 1.81 bits per heavy atom. The third kappa shape index (κ3) is 5.55. The van der Waals surface area contributed by atoms with Crippen molar-refractivity contribution in [1.29, 1.82) is 5.26 Å². The number of hydrogen-bond donors (Lipinski definition) is 0. The molecule has 2 rings (SSSR count). The van der Waals surface area contributed by atoms with Crippen molar-refractivity contribution in [3.63, 3.8) is 0 Å². The van der Waals surface area contributed by atoms with E-state index in [4.69, 9.17) is 10.00 Å². The summed E-state index contributed by atoms with van der Waals surface area (Å²) in [6.07, 6.45) is 0.324. The average molecular weight is 461 g/mol. The highest BCUT2D eigenvalue weighted by Crippen LogP contribution is 2.20. The summed E-state index contributed by atoms with van der Waals surface area (Å²) >= 11 is 0. The monoisotopic (exact) mass is 460 g/mol. The highest BCUT2D eigenvalue weighted by Gasteiger charge is 2.29. The number of hydrogen-bond acceptors (Lipinski definition) is 6. The number of carbonyl (C=O) groups excluding carboxylic acids is 2. The van der Waals surface area contributed by atoms with E-state index in [2.05, 4.69) is 0 Å². The van der Waals surface area contributed by atoms with E-state index in [9.17, 15) is 18.0 Å². The van der Waals surface area contributed by atoms with Crippen LogP contribution in [0.15, 0.2) is 47.5 Å². The van der Waals surface area contributed by atoms with Crippen LogP contribution in [0.2, 0.25) is 0 Å². The first-order valence-corrected chi connectivity index (χ1v) is 11.7. The Balaban J connectivity index is 2.22. The number of aromatic nitrogens is 1. The molecule has 2 aromatic rings. The van der Waals surface area contributed by atoms with Crippen LogP contribution < -0.4 is 4.90 Å². The summed E-state index contributed by atoms with van der Waals surface area (Å²) in [7, 11) is -2.21. The number of sulfonamides is 1. The molecule has 0 aliphatic rings. The maximum atomic E-state index is 13.0. The van der Waals surface area contributed by atoms with Gasteiger partial charge in [-0.15, -0.1) is 0 Å². The second-order valence-corrected chi connectivity index (χ2v) is 8.98. The predicted octanol–water partition coefficient (Wildman–Crippen LogP) is 2.55. The van der Waals surface area contributed by atoms with E-state index in [1.807, 2.05) is 6.07 Å². The number of ether oxygens (including phenoxy) is 1. The number of nitrogens with zero attached hydrogens (tertiary/aromatic N) is 4. The molecule has 1 heterocycles. The van der Waals surface area contributed by atoms with E-state index < -0.39 is 28.0 Å². The van der Waals surface area contributed by atoms with E-state index >= 15 is 0 Å². The molecule has 1 aromatic heterocycles. The molecule has 0 fully saturated rings. The van der Waals surface area contributed by atoms with Crippen molar-refractivity contribution in [2.24, 2.45) is 7.05 Å². The van der Waals surface area contributed by atoms with E-state index in [0.717, 1.165) is 0 Å². The minimum absolute atomic E-state index is 0.0127. The molecule has 1 aromatic carbocycles. The first-order valence-electron chi connectivity index (χ1n) is 10.3.